The molecule has 0 radical (unpaired) electrons. The molecule has 1 fully saturated rings. The number of ether oxygens (including phenoxy) is 1. The van der Waals surface area contributed by atoms with Crippen LogP contribution in [0.5, 0.6) is 0 Å². The summed E-state index contributed by atoms with van der Waals surface area (Å²) in [6, 6.07) is 0. The zero-order valence-electron chi connectivity index (χ0n) is 10.9. The molecule has 1 saturated heterocycles. The number of aliphatic carboxylic acids is 1. The van der Waals surface area contributed by atoms with Crippen molar-refractivity contribution in [2.45, 2.75) is 32.2 Å². The lowest BCUT2D eigenvalue weighted by Crippen LogP contribution is -2.53. The van der Waals surface area contributed by atoms with E-state index in [1.54, 1.807) is 0 Å². The van der Waals surface area contributed by atoms with Gasteiger partial charge in [0.05, 0.1) is 13.2 Å². The van der Waals surface area contributed by atoms with Crippen LogP contribution in [-0.4, -0.2) is 60.9 Å². The van der Waals surface area contributed by atoms with Crippen molar-refractivity contribution < 1.29 is 14.6 Å². The van der Waals surface area contributed by atoms with E-state index in [0.717, 1.165) is 32.8 Å². The van der Waals surface area contributed by atoms with Gasteiger partial charge < -0.3 is 15.2 Å². The zero-order valence-corrected chi connectivity index (χ0v) is 10.9. The third kappa shape index (κ3) is 3.94. The largest absolute Gasteiger partial charge is 0.480 e. The highest BCUT2D eigenvalue weighted by atomic mass is 16.5. The summed E-state index contributed by atoms with van der Waals surface area (Å²) in [4.78, 5) is 13.6. The summed E-state index contributed by atoms with van der Waals surface area (Å²) in [5.41, 5.74) is -0.758. The first kappa shape index (κ1) is 14.4. The molecule has 17 heavy (non-hydrogen) atoms. The molecule has 1 aliphatic rings. The standard InChI is InChI=1S/C12H24N2O3/c1-3-12(4-2,11(15)16)13-5-6-14-7-9-17-10-8-14/h13H,3-10H2,1-2H3,(H,15,16). The van der Waals surface area contributed by atoms with Gasteiger partial charge in [0.2, 0.25) is 0 Å². The fourth-order valence-electron chi connectivity index (χ4n) is 2.16. The first-order chi connectivity index (χ1) is 8.14. The fraction of sp³-hybridized carbons (Fsp3) is 0.917. The number of carbonyl (C=O) groups is 1. The van der Waals surface area contributed by atoms with Gasteiger partial charge in [-0.15, -0.1) is 0 Å². The van der Waals surface area contributed by atoms with Gasteiger partial charge in [0.15, 0.2) is 0 Å². The number of nitrogens with zero attached hydrogens (tertiary/aromatic N) is 1. The van der Waals surface area contributed by atoms with Crippen LogP contribution in [0.4, 0.5) is 0 Å². The highest BCUT2D eigenvalue weighted by Gasteiger charge is 2.33. The minimum atomic E-state index is -0.758. The Morgan fingerprint density at radius 2 is 1.94 bits per heavy atom. The molecule has 0 aliphatic carbocycles. The van der Waals surface area contributed by atoms with Gasteiger partial charge in [-0.05, 0) is 12.8 Å². The zero-order chi connectivity index (χ0) is 12.7. The molecule has 0 spiro atoms. The Balaban J connectivity index is 2.33. The third-order valence-electron chi connectivity index (χ3n) is 3.61. The maximum Gasteiger partial charge on any atom is 0.323 e. The van der Waals surface area contributed by atoms with E-state index in [1.807, 2.05) is 13.8 Å². The van der Waals surface area contributed by atoms with Crippen LogP contribution in [-0.2, 0) is 9.53 Å². The molecular weight excluding hydrogens is 220 g/mol. The Hall–Kier alpha value is -0.650. The Kier molecular flexibility index (Phi) is 5.88. The molecule has 0 aromatic heterocycles. The summed E-state index contributed by atoms with van der Waals surface area (Å²) in [5.74, 6) is -0.746. The minimum Gasteiger partial charge on any atom is -0.480 e. The van der Waals surface area contributed by atoms with Crippen molar-refractivity contribution in [2.75, 3.05) is 39.4 Å². The number of carboxylic acid groups (broad SMARTS) is 1. The van der Waals surface area contributed by atoms with Crippen molar-refractivity contribution in [1.82, 2.24) is 10.2 Å². The highest BCUT2D eigenvalue weighted by Crippen LogP contribution is 2.14. The topological polar surface area (TPSA) is 61.8 Å². The van der Waals surface area contributed by atoms with Crippen molar-refractivity contribution in [3.63, 3.8) is 0 Å². The molecule has 0 bridgehead atoms. The molecule has 5 heteroatoms. The van der Waals surface area contributed by atoms with E-state index in [-0.39, 0.29) is 0 Å². The summed E-state index contributed by atoms with van der Waals surface area (Å²) in [5, 5.41) is 12.5. The van der Waals surface area contributed by atoms with Gasteiger partial charge in [0.1, 0.15) is 5.54 Å². The number of rotatable bonds is 7. The van der Waals surface area contributed by atoms with Crippen LogP contribution in [0.25, 0.3) is 0 Å². The van der Waals surface area contributed by atoms with E-state index >= 15 is 0 Å². The first-order valence-electron chi connectivity index (χ1n) is 6.43. The summed E-state index contributed by atoms with van der Waals surface area (Å²) in [7, 11) is 0. The maximum atomic E-state index is 11.3. The molecule has 0 saturated carbocycles. The number of hydrogen-bond donors (Lipinski definition) is 2. The van der Waals surface area contributed by atoms with Gasteiger partial charge in [0.25, 0.3) is 0 Å². The highest BCUT2D eigenvalue weighted by molar-refractivity contribution is 5.78. The second-order valence-corrected chi connectivity index (χ2v) is 4.48. The first-order valence-corrected chi connectivity index (χ1v) is 6.43. The predicted molar refractivity (Wildman–Crippen MR) is 66.2 cm³/mol. The maximum absolute atomic E-state index is 11.3. The van der Waals surface area contributed by atoms with E-state index in [9.17, 15) is 9.90 Å². The molecule has 1 heterocycles. The van der Waals surface area contributed by atoms with Gasteiger partial charge in [-0.1, -0.05) is 13.8 Å². The molecule has 1 rings (SSSR count). The third-order valence-corrected chi connectivity index (χ3v) is 3.61. The van der Waals surface area contributed by atoms with E-state index in [4.69, 9.17) is 4.74 Å². The number of hydrogen-bond acceptors (Lipinski definition) is 4. The van der Waals surface area contributed by atoms with Crippen LogP contribution in [0.1, 0.15) is 26.7 Å². The molecule has 0 aromatic carbocycles. The van der Waals surface area contributed by atoms with E-state index < -0.39 is 11.5 Å². The minimum absolute atomic E-state index is 0.613. The summed E-state index contributed by atoms with van der Waals surface area (Å²) in [6.07, 6.45) is 1.23. The second kappa shape index (κ2) is 6.93. The monoisotopic (exact) mass is 244 g/mol. The number of morpholine rings is 1. The molecular formula is C12H24N2O3. The van der Waals surface area contributed by atoms with Crippen molar-refractivity contribution in [3.8, 4) is 0 Å². The Bertz CT molecular complexity index is 236. The molecule has 1 aliphatic heterocycles. The molecule has 5 nitrogen and oxygen atoms in total. The van der Waals surface area contributed by atoms with Crippen LogP contribution >= 0.6 is 0 Å². The lowest BCUT2D eigenvalue weighted by atomic mass is 9.93. The van der Waals surface area contributed by atoms with Gasteiger partial charge in [-0.25, -0.2) is 0 Å². The predicted octanol–water partition coefficient (Wildman–Crippen LogP) is 0.552. The van der Waals surface area contributed by atoms with Crippen molar-refractivity contribution in [3.05, 3.63) is 0 Å². The molecule has 2 N–H and O–H groups in total. The van der Waals surface area contributed by atoms with Crippen LogP contribution in [0.15, 0.2) is 0 Å². The van der Waals surface area contributed by atoms with Crippen LogP contribution in [0, 0.1) is 0 Å². The van der Waals surface area contributed by atoms with Crippen molar-refractivity contribution in [2.24, 2.45) is 0 Å². The number of nitrogens with one attached hydrogen (secondary N) is 1. The fourth-order valence-corrected chi connectivity index (χ4v) is 2.16. The SMILES string of the molecule is CCC(CC)(NCCN1CCOCC1)C(=O)O. The average Bonchev–Trinajstić information content (AvgIpc) is 2.36. The normalized spacial score (nSPS) is 18.2. The van der Waals surface area contributed by atoms with Gasteiger partial charge in [0, 0.05) is 26.2 Å². The number of carboxylic acids is 1. The van der Waals surface area contributed by atoms with Gasteiger partial charge in [-0.2, -0.15) is 0 Å². The summed E-state index contributed by atoms with van der Waals surface area (Å²) in [6.45, 7) is 8.89. The summed E-state index contributed by atoms with van der Waals surface area (Å²) >= 11 is 0. The second-order valence-electron chi connectivity index (χ2n) is 4.48. The lowest BCUT2D eigenvalue weighted by molar-refractivity contribution is -0.145. The lowest BCUT2D eigenvalue weighted by Gasteiger charge is -2.31. The smallest absolute Gasteiger partial charge is 0.323 e. The average molecular weight is 244 g/mol. The quantitative estimate of drug-likeness (QED) is 0.685. The summed E-state index contributed by atoms with van der Waals surface area (Å²) < 4.78 is 5.27. The molecule has 0 unspecified atom stereocenters. The molecule has 0 amide bonds. The van der Waals surface area contributed by atoms with Crippen LogP contribution in [0.3, 0.4) is 0 Å². The van der Waals surface area contributed by atoms with Crippen molar-refractivity contribution >= 4 is 5.97 Å². The van der Waals surface area contributed by atoms with Crippen LogP contribution < -0.4 is 5.32 Å². The van der Waals surface area contributed by atoms with Gasteiger partial charge in [-0.3, -0.25) is 9.69 Å². The van der Waals surface area contributed by atoms with E-state index in [0.29, 0.717) is 19.4 Å². The Morgan fingerprint density at radius 3 is 2.41 bits per heavy atom. The Morgan fingerprint density at radius 1 is 1.35 bits per heavy atom. The van der Waals surface area contributed by atoms with E-state index in [1.165, 1.54) is 0 Å². The molecule has 0 aromatic rings. The molecule has 100 valence electrons. The Labute approximate surface area is 103 Å². The van der Waals surface area contributed by atoms with Crippen molar-refractivity contribution in [1.29, 1.82) is 0 Å². The molecule has 0 atom stereocenters. The van der Waals surface area contributed by atoms with E-state index in [2.05, 4.69) is 10.2 Å². The van der Waals surface area contributed by atoms with Crippen LogP contribution in [0.2, 0.25) is 0 Å². The van der Waals surface area contributed by atoms with Gasteiger partial charge >= 0.3 is 5.97 Å².